The van der Waals surface area contributed by atoms with E-state index in [1.807, 2.05) is 13.0 Å². The molecule has 1 N–H and O–H groups in total. The summed E-state index contributed by atoms with van der Waals surface area (Å²) in [7, 11) is 0. The van der Waals surface area contributed by atoms with E-state index in [1.54, 1.807) is 0 Å². The van der Waals surface area contributed by atoms with Crippen molar-refractivity contribution in [1.82, 2.24) is 5.32 Å². The highest BCUT2D eigenvalue weighted by atomic mass is 16.1. The summed E-state index contributed by atoms with van der Waals surface area (Å²) in [6, 6.07) is 0. The van der Waals surface area contributed by atoms with E-state index in [2.05, 4.69) is 18.3 Å². The van der Waals surface area contributed by atoms with Crippen molar-refractivity contribution in [3.63, 3.8) is 0 Å². The summed E-state index contributed by atoms with van der Waals surface area (Å²) in [5, 5.41) is 2.92. The molecule has 2 heteroatoms. The van der Waals surface area contributed by atoms with Crippen molar-refractivity contribution in [2.75, 3.05) is 6.54 Å². The molecule has 0 aliphatic heterocycles. The maximum atomic E-state index is 11.3. The standard InChI is InChI=1S/C13H25NO/c1-3-5-7-8-9-11-13(15)14-12-10-6-4-2/h4,6H,3,5,7-12H2,1-2H3,(H,14,15)/b6-4+. The molecule has 0 spiro atoms. The molecule has 15 heavy (non-hydrogen) atoms. The van der Waals surface area contributed by atoms with Crippen molar-refractivity contribution >= 4 is 5.91 Å². The highest BCUT2D eigenvalue weighted by molar-refractivity contribution is 5.75. The molecule has 0 saturated heterocycles. The van der Waals surface area contributed by atoms with Gasteiger partial charge in [-0.2, -0.15) is 0 Å². The third-order valence-corrected chi connectivity index (χ3v) is 2.38. The van der Waals surface area contributed by atoms with Crippen molar-refractivity contribution in [1.29, 1.82) is 0 Å². The fraction of sp³-hybridized carbons (Fsp3) is 0.769. The Morgan fingerprint density at radius 1 is 1.20 bits per heavy atom. The predicted molar refractivity (Wildman–Crippen MR) is 65.8 cm³/mol. The molecule has 0 fully saturated rings. The van der Waals surface area contributed by atoms with Gasteiger partial charge in [-0.25, -0.2) is 0 Å². The van der Waals surface area contributed by atoms with Crippen LogP contribution in [-0.2, 0) is 4.79 Å². The first-order chi connectivity index (χ1) is 7.31. The number of amides is 1. The van der Waals surface area contributed by atoms with Crippen LogP contribution < -0.4 is 5.32 Å². The van der Waals surface area contributed by atoms with E-state index in [0.717, 1.165) is 19.4 Å². The molecule has 0 rings (SSSR count). The Kier molecular flexibility index (Phi) is 10.7. The Hall–Kier alpha value is -0.790. The number of hydrogen-bond acceptors (Lipinski definition) is 1. The van der Waals surface area contributed by atoms with Crippen LogP contribution in [0.3, 0.4) is 0 Å². The minimum absolute atomic E-state index is 0.205. The zero-order chi connectivity index (χ0) is 11.4. The first-order valence-corrected chi connectivity index (χ1v) is 6.19. The van der Waals surface area contributed by atoms with Crippen molar-refractivity contribution in [2.24, 2.45) is 0 Å². The van der Waals surface area contributed by atoms with Gasteiger partial charge in [0.15, 0.2) is 0 Å². The fourth-order valence-electron chi connectivity index (χ4n) is 1.44. The lowest BCUT2D eigenvalue weighted by molar-refractivity contribution is -0.121. The van der Waals surface area contributed by atoms with Crippen molar-refractivity contribution in [2.45, 2.75) is 58.8 Å². The van der Waals surface area contributed by atoms with E-state index in [-0.39, 0.29) is 5.91 Å². The van der Waals surface area contributed by atoms with Crippen LogP contribution in [0, 0.1) is 0 Å². The summed E-state index contributed by atoms with van der Waals surface area (Å²) in [6.45, 7) is 4.97. The molecule has 0 bridgehead atoms. The normalized spacial score (nSPS) is 10.8. The van der Waals surface area contributed by atoms with Crippen LogP contribution in [-0.4, -0.2) is 12.5 Å². The van der Waals surface area contributed by atoms with Gasteiger partial charge in [0.05, 0.1) is 0 Å². The molecular formula is C13H25NO. The third kappa shape index (κ3) is 11.1. The number of allylic oxidation sites excluding steroid dienone is 1. The van der Waals surface area contributed by atoms with Gasteiger partial charge in [-0.05, 0) is 19.8 Å². The second-order valence-corrected chi connectivity index (χ2v) is 3.87. The SMILES string of the molecule is C/C=C/CCNC(=O)CCCCCCC. The highest BCUT2D eigenvalue weighted by Gasteiger charge is 1.98. The molecule has 0 aromatic rings. The van der Waals surface area contributed by atoms with Gasteiger partial charge in [0.2, 0.25) is 5.91 Å². The average molecular weight is 211 g/mol. The van der Waals surface area contributed by atoms with Crippen molar-refractivity contribution in [3.8, 4) is 0 Å². The molecule has 0 aromatic carbocycles. The van der Waals surface area contributed by atoms with Crippen LogP contribution in [0.2, 0.25) is 0 Å². The number of carbonyl (C=O) groups excluding carboxylic acids is 1. The van der Waals surface area contributed by atoms with E-state index >= 15 is 0 Å². The van der Waals surface area contributed by atoms with Gasteiger partial charge in [-0.3, -0.25) is 4.79 Å². The van der Waals surface area contributed by atoms with E-state index in [4.69, 9.17) is 0 Å². The van der Waals surface area contributed by atoms with Crippen molar-refractivity contribution in [3.05, 3.63) is 12.2 Å². The van der Waals surface area contributed by atoms with Crippen LogP contribution in [0.4, 0.5) is 0 Å². The second-order valence-electron chi connectivity index (χ2n) is 3.87. The van der Waals surface area contributed by atoms with E-state index in [9.17, 15) is 4.79 Å². The van der Waals surface area contributed by atoms with Crippen LogP contribution in [0.5, 0.6) is 0 Å². The largest absolute Gasteiger partial charge is 0.356 e. The summed E-state index contributed by atoms with van der Waals surface area (Å²) in [6.07, 6.45) is 11.8. The van der Waals surface area contributed by atoms with Gasteiger partial charge in [-0.15, -0.1) is 0 Å². The summed E-state index contributed by atoms with van der Waals surface area (Å²) in [5.41, 5.74) is 0. The van der Waals surface area contributed by atoms with Gasteiger partial charge < -0.3 is 5.32 Å². The molecule has 0 radical (unpaired) electrons. The summed E-state index contributed by atoms with van der Waals surface area (Å²) in [4.78, 5) is 11.3. The first kappa shape index (κ1) is 14.2. The van der Waals surface area contributed by atoms with Gasteiger partial charge in [0, 0.05) is 13.0 Å². The lowest BCUT2D eigenvalue weighted by Gasteiger charge is -2.03. The van der Waals surface area contributed by atoms with Gasteiger partial charge in [0.1, 0.15) is 0 Å². The fourth-order valence-corrected chi connectivity index (χ4v) is 1.44. The first-order valence-electron chi connectivity index (χ1n) is 6.19. The Balaban J connectivity index is 3.18. The molecule has 0 atom stereocenters. The lowest BCUT2D eigenvalue weighted by atomic mass is 10.1. The maximum absolute atomic E-state index is 11.3. The number of carbonyl (C=O) groups is 1. The molecule has 0 saturated carbocycles. The zero-order valence-corrected chi connectivity index (χ0v) is 10.2. The quantitative estimate of drug-likeness (QED) is 0.459. The molecule has 0 aliphatic rings. The summed E-state index contributed by atoms with van der Waals surface area (Å²) < 4.78 is 0. The minimum Gasteiger partial charge on any atom is -0.356 e. The molecule has 1 amide bonds. The lowest BCUT2D eigenvalue weighted by Crippen LogP contribution is -2.23. The van der Waals surface area contributed by atoms with Crippen LogP contribution >= 0.6 is 0 Å². The molecule has 0 aliphatic carbocycles. The number of nitrogens with one attached hydrogen (secondary N) is 1. The summed E-state index contributed by atoms with van der Waals surface area (Å²) in [5.74, 6) is 0.205. The zero-order valence-electron chi connectivity index (χ0n) is 10.2. The second kappa shape index (κ2) is 11.3. The average Bonchev–Trinajstić information content (AvgIpc) is 2.24. The molecule has 0 aromatic heterocycles. The highest BCUT2D eigenvalue weighted by Crippen LogP contribution is 2.04. The molecule has 0 heterocycles. The Morgan fingerprint density at radius 3 is 2.60 bits per heavy atom. The molecule has 88 valence electrons. The van der Waals surface area contributed by atoms with E-state index in [1.165, 1.54) is 25.7 Å². The number of hydrogen-bond donors (Lipinski definition) is 1. The Morgan fingerprint density at radius 2 is 1.93 bits per heavy atom. The van der Waals surface area contributed by atoms with E-state index < -0.39 is 0 Å². The molecule has 0 unspecified atom stereocenters. The Labute approximate surface area is 94.1 Å². The van der Waals surface area contributed by atoms with Crippen molar-refractivity contribution < 1.29 is 4.79 Å². The smallest absolute Gasteiger partial charge is 0.220 e. The van der Waals surface area contributed by atoms with Crippen LogP contribution in [0.1, 0.15) is 58.8 Å². The van der Waals surface area contributed by atoms with Gasteiger partial charge in [0.25, 0.3) is 0 Å². The minimum atomic E-state index is 0.205. The van der Waals surface area contributed by atoms with E-state index in [0.29, 0.717) is 6.42 Å². The number of rotatable bonds is 9. The molecule has 2 nitrogen and oxygen atoms in total. The summed E-state index contributed by atoms with van der Waals surface area (Å²) >= 11 is 0. The van der Waals surface area contributed by atoms with Gasteiger partial charge >= 0.3 is 0 Å². The monoisotopic (exact) mass is 211 g/mol. The third-order valence-electron chi connectivity index (χ3n) is 2.38. The van der Waals surface area contributed by atoms with Crippen LogP contribution in [0.25, 0.3) is 0 Å². The topological polar surface area (TPSA) is 29.1 Å². The predicted octanol–water partition coefficient (Wildman–Crippen LogP) is 3.43. The van der Waals surface area contributed by atoms with Crippen LogP contribution in [0.15, 0.2) is 12.2 Å². The molecular weight excluding hydrogens is 186 g/mol. The van der Waals surface area contributed by atoms with Gasteiger partial charge in [-0.1, -0.05) is 44.8 Å². The maximum Gasteiger partial charge on any atom is 0.220 e. The number of unbranched alkanes of at least 4 members (excludes halogenated alkanes) is 4. The Bertz CT molecular complexity index is 175.